The van der Waals surface area contributed by atoms with E-state index in [1.54, 1.807) is 14.2 Å². The maximum Gasteiger partial charge on any atom is 0.494 e. The Morgan fingerprint density at radius 3 is 1.67 bits per heavy atom. The highest BCUT2D eigenvalue weighted by Crippen LogP contribution is 2.54. The summed E-state index contributed by atoms with van der Waals surface area (Å²) in [6.45, 7) is 19.6. The van der Waals surface area contributed by atoms with Crippen LogP contribution in [-0.2, 0) is 38.5 Å². The second-order valence-electron chi connectivity index (χ2n) is 19.4. The summed E-state index contributed by atoms with van der Waals surface area (Å²) in [6, 6.07) is 31.0. The fourth-order valence-electron chi connectivity index (χ4n) is 8.71. The molecule has 1 N–H and O–H groups in total. The monoisotopic (exact) mass is 862 g/mol. The molecule has 1 aliphatic carbocycles. The number of carbonyl (C=O) groups is 1. The minimum atomic E-state index is -0.454. The van der Waals surface area contributed by atoms with Gasteiger partial charge in [0.15, 0.2) is 0 Å². The van der Waals surface area contributed by atoms with Crippen LogP contribution in [0.4, 0.5) is 0 Å². The number of rotatable bonds is 24. The maximum absolute atomic E-state index is 12.1. The molecule has 2 aliphatic rings. The first-order valence-corrected chi connectivity index (χ1v) is 23.1. The smallest absolute Gasteiger partial charge is 0.494 e. The third-order valence-corrected chi connectivity index (χ3v) is 12.8. The quantitative estimate of drug-likeness (QED) is 0.0550. The molecular formula is C53H72BNO8. The van der Waals surface area contributed by atoms with Crippen molar-refractivity contribution in [3.63, 3.8) is 0 Å². The van der Waals surface area contributed by atoms with Crippen LogP contribution in [0.2, 0.25) is 0 Å². The predicted octanol–water partition coefficient (Wildman–Crippen LogP) is 10.2. The van der Waals surface area contributed by atoms with Crippen molar-refractivity contribution in [1.82, 2.24) is 5.32 Å². The molecule has 4 aromatic carbocycles. The average molecular weight is 862 g/mol. The number of benzene rings is 4. The molecule has 340 valence electrons. The van der Waals surface area contributed by atoms with Crippen LogP contribution in [0.25, 0.3) is 33.4 Å². The van der Waals surface area contributed by atoms with Gasteiger partial charge in [-0.3, -0.25) is 4.79 Å². The summed E-state index contributed by atoms with van der Waals surface area (Å²) in [5.74, 6) is 0.958. The van der Waals surface area contributed by atoms with Gasteiger partial charge in [0.05, 0.1) is 44.2 Å². The van der Waals surface area contributed by atoms with E-state index in [9.17, 15) is 4.79 Å². The molecule has 0 aromatic heterocycles. The van der Waals surface area contributed by atoms with Crippen LogP contribution in [0.5, 0.6) is 5.75 Å². The Bertz CT molecular complexity index is 2040. The molecule has 1 aliphatic heterocycles. The van der Waals surface area contributed by atoms with Gasteiger partial charge in [-0.05, 0) is 140 Å². The summed E-state index contributed by atoms with van der Waals surface area (Å²) in [5.41, 5.74) is 9.74. The van der Waals surface area contributed by atoms with Gasteiger partial charge in [-0.2, -0.15) is 0 Å². The first-order valence-electron chi connectivity index (χ1n) is 23.1. The number of fused-ring (bicyclic) bond motifs is 3. The van der Waals surface area contributed by atoms with E-state index in [0.29, 0.717) is 59.2 Å². The second kappa shape index (κ2) is 21.8. The molecule has 1 heterocycles. The fraction of sp³-hybridized carbons (Fsp3) is 0.528. The molecule has 0 radical (unpaired) electrons. The minimum absolute atomic E-state index is 0.00356. The number of nitrogens with one attached hydrogen (secondary N) is 1. The third kappa shape index (κ3) is 12.4. The van der Waals surface area contributed by atoms with Gasteiger partial charge in [-0.25, -0.2) is 0 Å². The lowest BCUT2D eigenvalue weighted by Gasteiger charge is -2.33. The lowest BCUT2D eigenvalue weighted by molar-refractivity contribution is -0.122. The van der Waals surface area contributed by atoms with Crippen LogP contribution in [0.15, 0.2) is 84.9 Å². The highest BCUT2D eigenvalue weighted by Gasteiger charge is 2.52. The molecule has 0 atom stereocenters. The Kier molecular flexibility index (Phi) is 16.7. The van der Waals surface area contributed by atoms with Crippen molar-refractivity contribution in [2.45, 2.75) is 110 Å². The van der Waals surface area contributed by atoms with E-state index < -0.39 is 18.3 Å². The van der Waals surface area contributed by atoms with E-state index >= 15 is 0 Å². The van der Waals surface area contributed by atoms with Crippen molar-refractivity contribution in [2.75, 3.05) is 67.0 Å². The molecule has 0 spiro atoms. The van der Waals surface area contributed by atoms with E-state index in [1.165, 1.54) is 33.4 Å². The van der Waals surface area contributed by atoms with Gasteiger partial charge in [0.1, 0.15) is 5.75 Å². The van der Waals surface area contributed by atoms with Crippen molar-refractivity contribution < 1.29 is 37.8 Å². The molecule has 9 nitrogen and oxygen atoms in total. The summed E-state index contributed by atoms with van der Waals surface area (Å²) in [5, 5.41) is 3.02. The summed E-state index contributed by atoms with van der Waals surface area (Å²) < 4.78 is 41.8. The average Bonchev–Trinajstić information content (AvgIpc) is 3.65. The zero-order valence-corrected chi connectivity index (χ0v) is 39.5. The van der Waals surface area contributed by atoms with Gasteiger partial charge in [-0.15, -0.1) is 0 Å². The molecule has 6 rings (SSSR count). The highest BCUT2D eigenvalue weighted by molar-refractivity contribution is 6.62. The van der Waals surface area contributed by atoms with Crippen LogP contribution in [-0.4, -0.2) is 91.2 Å². The molecular weight excluding hydrogens is 789 g/mol. The van der Waals surface area contributed by atoms with Crippen molar-refractivity contribution in [1.29, 1.82) is 0 Å². The standard InChI is InChI=1S/C53H72BNO8/c1-50(2,3)38-49(56)55-28-10-11-31-61-44-22-18-40(19-23-44)39-14-16-41(17-15-39)42-20-24-45-46-25-21-43(54-62-51(4,5)52(6,7)63-54)37-48(46)53(47(45)36-42,26-12-29-59-34-32-57-8)27-13-30-60-35-33-58-9/h14-25,36-37H,10-13,26-35,38H2,1-9H3,(H,55,56). The van der Waals surface area contributed by atoms with Gasteiger partial charge < -0.3 is 38.3 Å². The molecule has 0 bridgehead atoms. The van der Waals surface area contributed by atoms with E-state index in [2.05, 4.69) is 127 Å². The SMILES string of the molecule is COCCOCCCC1(CCCOCCOC)c2cc(B3OC(C)(C)C(C)(C)O3)ccc2-c2ccc(-c3ccc(-c4ccc(OCCCCNC(=O)CC(C)(C)C)cc4)cc3)cc21. The largest absolute Gasteiger partial charge is 0.494 e. The molecule has 0 saturated carbocycles. The normalized spacial score (nSPS) is 15.9. The minimum Gasteiger partial charge on any atom is -0.494 e. The highest BCUT2D eigenvalue weighted by atomic mass is 16.7. The summed E-state index contributed by atoms with van der Waals surface area (Å²) in [6.07, 6.45) is 5.93. The second-order valence-corrected chi connectivity index (χ2v) is 19.4. The number of ether oxygens (including phenoxy) is 5. The lowest BCUT2D eigenvalue weighted by atomic mass is 9.69. The molecule has 4 aromatic rings. The Labute approximate surface area is 378 Å². The van der Waals surface area contributed by atoms with Crippen molar-refractivity contribution >= 4 is 18.5 Å². The summed E-state index contributed by atoms with van der Waals surface area (Å²) in [7, 11) is 2.96. The van der Waals surface area contributed by atoms with E-state index in [1.807, 2.05) is 12.1 Å². The zero-order valence-electron chi connectivity index (χ0n) is 39.5. The Balaban J connectivity index is 1.21. The number of hydrogen-bond acceptors (Lipinski definition) is 8. The van der Waals surface area contributed by atoms with Crippen LogP contribution in [0.1, 0.15) is 105 Å². The van der Waals surface area contributed by atoms with Gasteiger partial charge in [-0.1, -0.05) is 87.5 Å². The first-order chi connectivity index (χ1) is 30.2. The van der Waals surface area contributed by atoms with Gasteiger partial charge in [0.25, 0.3) is 0 Å². The van der Waals surface area contributed by atoms with Crippen molar-refractivity contribution in [3.8, 4) is 39.1 Å². The van der Waals surface area contributed by atoms with Gasteiger partial charge in [0.2, 0.25) is 5.91 Å². The Morgan fingerprint density at radius 2 is 1.11 bits per heavy atom. The molecule has 10 heteroatoms. The van der Waals surface area contributed by atoms with Crippen LogP contribution in [0, 0.1) is 5.41 Å². The van der Waals surface area contributed by atoms with E-state index in [-0.39, 0.29) is 16.7 Å². The molecule has 1 amide bonds. The Hall–Kier alpha value is -4.03. The number of carbonyl (C=O) groups excluding carboxylic acids is 1. The van der Waals surface area contributed by atoms with Gasteiger partial charge in [0, 0.05) is 45.8 Å². The van der Waals surface area contributed by atoms with Gasteiger partial charge >= 0.3 is 7.12 Å². The summed E-state index contributed by atoms with van der Waals surface area (Å²) >= 11 is 0. The topological polar surface area (TPSA) is 93.7 Å². The fourth-order valence-corrected chi connectivity index (χ4v) is 8.71. The molecule has 1 saturated heterocycles. The van der Waals surface area contributed by atoms with Crippen LogP contribution < -0.4 is 15.5 Å². The molecule has 1 fully saturated rings. The number of unbranched alkanes of at least 4 members (excludes halogenated alkanes) is 1. The predicted molar refractivity (Wildman–Crippen MR) is 255 cm³/mol. The van der Waals surface area contributed by atoms with Crippen LogP contribution >= 0.6 is 0 Å². The lowest BCUT2D eigenvalue weighted by Crippen LogP contribution is -2.41. The van der Waals surface area contributed by atoms with Crippen LogP contribution in [0.3, 0.4) is 0 Å². The maximum atomic E-state index is 12.1. The number of hydrogen-bond donors (Lipinski definition) is 1. The number of methoxy groups -OCH3 is 2. The van der Waals surface area contributed by atoms with Crippen molar-refractivity contribution in [2.24, 2.45) is 5.41 Å². The molecule has 63 heavy (non-hydrogen) atoms. The first kappa shape index (κ1) is 48.4. The third-order valence-electron chi connectivity index (χ3n) is 12.8. The van der Waals surface area contributed by atoms with E-state index in [4.69, 9.17) is 33.0 Å². The summed E-state index contributed by atoms with van der Waals surface area (Å²) in [4.78, 5) is 12.1. The van der Waals surface area contributed by atoms with E-state index in [0.717, 1.165) is 60.9 Å². The Morgan fingerprint density at radius 1 is 0.603 bits per heavy atom. The molecule has 0 unspecified atom stereocenters. The van der Waals surface area contributed by atoms with Crippen molar-refractivity contribution in [3.05, 3.63) is 96.1 Å². The number of amides is 1. The zero-order chi connectivity index (χ0) is 45.1.